The van der Waals surface area contributed by atoms with Crippen molar-refractivity contribution in [1.29, 1.82) is 0 Å². The van der Waals surface area contributed by atoms with E-state index in [-0.39, 0.29) is 0 Å². The minimum absolute atomic E-state index is 0.424. The van der Waals surface area contributed by atoms with Crippen LogP contribution >= 0.6 is 0 Å². The fourth-order valence-electron chi connectivity index (χ4n) is 6.97. The van der Waals surface area contributed by atoms with E-state index in [4.69, 9.17) is 28.4 Å². The first-order chi connectivity index (χ1) is 23.2. The number of nitrogens with one attached hydrogen (secondary N) is 3. The van der Waals surface area contributed by atoms with Crippen molar-refractivity contribution < 1.29 is 38.0 Å². The summed E-state index contributed by atoms with van der Waals surface area (Å²) >= 11 is 0. The Morgan fingerprint density at radius 2 is 0.812 bits per heavy atom. The van der Waals surface area contributed by atoms with Gasteiger partial charge in [-0.25, -0.2) is 0 Å². The lowest BCUT2D eigenvalue weighted by Gasteiger charge is -2.13. The van der Waals surface area contributed by atoms with Crippen LogP contribution in [0, 0.1) is 20.8 Å². The van der Waals surface area contributed by atoms with Crippen molar-refractivity contribution >= 4 is 45.3 Å². The molecule has 0 saturated carbocycles. The Bertz CT molecular complexity index is 2240. The number of carbonyl (C=O) groups is 2. The summed E-state index contributed by atoms with van der Waals surface area (Å²) in [6, 6.07) is 5.38. The third-order valence-electron chi connectivity index (χ3n) is 9.52. The van der Waals surface area contributed by atoms with E-state index < -0.39 is 0 Å². The molecule has 0 fully saturated rings. The average Bonchev–Trinajstić information content (AvgIpc) is 3.73. The van der Waals surface area contributed by atoms with Gasteiger partial charge in [0, 0.05) is 69.8 Å². The van der Waals surface area contributed by atoms with Gasteiger partial charge in [-0.2, -0.15) is 0 Å². The number of hydrogen-bond acceptors (Lipinski definition) is 8. The summed E-state index contributed by atoms with van der Waals surface area (Å²) in [4.78, 5) is 35.0. The van der Waals surface area contributed by atoms with Gasteiger partial charge in [-0.1, -0.05) is 0 Å². The van der Waals surface area contributed by atoms with Gasteiger partial charge < -0.3 is 43.4 Å². The number of aromatic amines is 3. The van der Waals surface area contributed by atoms with Crippen LogP contribution in [0.4, 0.5) is 0 Å². The molecule has 0 radical (unpaired) electrons. The number of hydrogen-bond donors (Lipinski definition) is 3. The van der Waals surface area contributed by atoms with Crippen molar-refractivity contribution in [2.45, 2.75) is 33.6 Å². The molecule has 0 aliphatic heterocycles. The van der Waals surface area contributed by atoms with Crippen LogP contribution in [0.3, 0.4) is 0 Å². The molecule has 0 aliphatic rings. The molecule has 3 aromatic carbocycles. The molecule has 0 amide bonds. The topological polar surface area (TPSA) is 137 Å². The van der Waals surface area contributed by atoms with E-state index in [0.29, 0.717) is 69.5 Å². The third-order valence-corrected chi connectivity index (χ3v) is 9.52. The van der Waals surface area contributed by atoms with Gasteiger partial charge in [-0.05, 0) is 37.5 Å². The molecule has 0 bridgehead atoms. The molecule has 48 heavy (non-hydrogen) atoms. The molecule has 0 unspecified atom stereocenters. The largest absolute Gasteiger partial charge is 0.496 e. The summed E-state index contributed by atoms with van der Waals surface area (Å²) in [5.74, 6) is 3.43. The lowest BCUT2D eigenvalue weighted by Crippen LogP contribution is -1.99. The first-order valence-electron chi connectivity index (χ1n) is 15.4. The Labute approximate surface area is 277 Å². The first kappa shape index (κ1) is 32.4. The predicted octanol–water partition coefficient (Wildman–Crippen LogP) is 6.91. The number of aromatic nitrogens is 3. The monoisotopic (exact) mass is 653 g/mol. The summed E-state index contributed by atoms with van der Waals surface area (Å²) in [6.45, 7) is 6.08. The highest BCUT2D eigenvalue weighted by molar-refractivity contribution is 6.05. The minimum Gasteiger partial charge on any atom is -0.496 e. The van der Waals surface area contributed by atoms with E-state index in [1.807, 2.05) is 19.9 Å². The molecule has 0 aliphatic carbocycles. The fraction of sp³-hybridized carbons (Fsp3) is 0.297. The van der Waals surface area contributed by atoms with E-state index in [1.165, 1.54) is 14.2 Å². The standard InChI is InChI=1S/C37H39N3O8/c1-17-23(38-36-21(15-41)27(44-5)13-30(47-8)33(17)36)10-20-26(43-4)12-29(46-7)32-18(2)24(39-35(20)32)11-25-19(3)34-31(48-9)14-28(45-6)22(16-42)37(34)40-25/h12-16,38-40H,10-11H2,1-9H3. The number of aldehydes is 2. The maximum Gasteiger partial charge on any atom is 0.155 e. The van der Waals surface area contributed by atoms with Crippen LogP contribution in [0.15, 0.2) is 18.2 Å². The molecule has 0 saturated heterocycles. The van der Waals surface area contributed by atoms with Gasteiger partial charge in [-0.3, -0.25) is 9.59 Å². The van der Waals surface area contributed by atoms with Crippen molar-refractivity contribution in [3.8, 4) is 34.5 Å². The highest BCUT2D eigenvalue weighted by Gasteiger charge is 2.25. The smallest absolute Gasteiger partial charge is 0.155 e. The van der Waals surface area contributed by atoms with Crippen LogP contribution in [-0.2, 0) is 12.8 Å². The summed E-state index contributed by atoms with van der Waals surface area (Å²) < 4.78 is 34.2. The van der Waals surface area contributed by atoms with Crippen molar-refractivity contribution in [3.63, 3.8) is 0 Å². The highest BCUT2D eigenvalue weighted by atomic mass is 16.5. The number of ether oxygens (including phenoxy) is 6. The van der Waals surface area contributed by atoms with E-state index in [0.717, 1.165) is 73.6 Å². The zero-order valence-corrected chi connectivity index (χ0v) is 28.6. The van der Waals surface area contributed by atoms with Crippen molar-refractivity contribution in [1.82, 2.24) is 15.0 Å². The SMILES string of the molecule is COc1cc(OC)c2c(C)c(Cc3[nH]c4c(Cc5[nH]c6c(C=O)c(OC)cc(OC)c6c5C)c(OC)cc(OC)c4c3C)[nH]c2c1C=O. The van der Waals surface area contributed by atoms with E-state index in [2.05, 4.69) is 21.9 Å². The lowest BCUT2D eigenvalue weighted by molar-refractivity contribution is 0.111. The molecule has 6 aromatic rings. The fourth-order valence-corrected chi connectivity index (χ4v) is 6.97. The Morgan fingerprint density at radius 1 is 0.479 bits per heavy atom. The lowest BCUT2D eigenvalue weighted by atomic mass is 9.99. The minimum atomic E-state index is 0.424. The zero-order chi connectivity index (χ0) is 34.4. The Morgan fingerprint density at radius 3 is 1.19 bits per heavy atom. The highest BCUT2D eigenvalue weighted by Crippen LogP contribution is 2.44. The molecular weight excluding hydrogens is 614 g/mol. The van der Waals surface area contributed by atoms with Crippen LogP contribution in [-0.4, -0.2) is 70.2 Å². The maximum atomic E-state index is 12.2. The second kappa shape index (κ2) is 12.6. The summed E-state index contributed by atoms with van der Waals surface area (Å²) in [5, 5.41) is 2.59. The number of H-pyrrole nitrogens is 3. The van der Waals surface area contributed by atoms with Gasteiger partial charge >= 0.3 is 0 Å². The van der Waals surface area contributed by atoms with E-state index >= 15 is 0 Å². The number of rotatable bonds is 12. The Hall–Kier alpha value is -5.58. The van der Waals surface area contributed by atoms with Gasteiger partial charge in [0.25, 0.3) is 0 Å². The van der Waals surface area contributed by atoms with Crippen LogP contribution in [0.5, 0.6) is 34.5 Å². The van der Waals surface area contributed by atoms with E-state index in [9.17, 15) is 9.59 Å². The number of benzene rings is 3. The number of aryl methyl sites for hydroxylation is 3. The zero-order valence-electron chi connectivity index (χ0n) is 28.6. The van der Waals surface area contributed by atoms with Crippen LogP contribution in [0.1, 0.15) is 60.1 Å². The average molecular weight is 654 g/mol. The number of fused-ring (bicyclic) bond motifs is 3. The van der Waals surface area contributed by atoms with Gasteiger partial charge in [0.1, 0.15) is 34.5 Å². The second-order valence-electron chi connectivity index (χ2n) is 11.7. The normalized spacial score (nSPS) is 11.4. The second-order valence-corrected chi connectivity index (χ2v) is 11.7. The van der Waals surface area contributed by atoms with Crippen LogP contribution in [0.25, 0.3) is 32.7 Å². The van der Waals surface area contributed by atoms with Crippen molar-refractivity contribution in [2.75, 3.05) is 42.7 Å². The first-order valence-corrected chi connectivity index (χ1v) is 15.4. The van der Waals surface area contributed by atoms with Crippen LogP contribution < -0.4 is 28.4 Å². The Kier molecular flexibility index (Phi) is 8.46. The van der Waals surface area contributed by atoms with Gasteiger partial charge in [0.15, 0.2) is 12.6 Å². The van der Waals surface area contributed by atoms with Gasteiger partial charge in [0.05, 0.1) is 70.3 Å². The molecule has 6 rings (SSSR count). The van der Waals surface area contributed by atoms with Crippen molar-refractivity contribution in [2.24, 2.45) is 0 Å². The Balaban J connectivity index is 1.53. The molecule has 11 heteroatoms. The molecular formula is C37H39N3O8. The quantitative estimate of drug-likeness (QED) is 0.121. The van der Waals surface area contributed by atoms with Crippen molar-refractivity contribution in [3.05, 3.63) is 68.7 Å². The molecule has 11 nitrogen and oxygen atoms in total. The van der Waals surface area contributed by atoms with Gasteiger partial charge in [0.2, 0.25) is 0 Å². The maximum absolute atomic E-state index is 12.2. The van der Waals surface area contributed by atoms with Gasteiger partial charge in [-0.15, -0.1) is 0 Å². The molecule has 3 aromatic heterocycles. The van der Waals surface area contributed by atoms with Crippen LogP contribution in [0.2, 0.25) is 0 Å². The molecule has 3 N–H and O–H groups in total. The number of methoxy groups -OCH3 is 6. The molecule has 250 valence electrons. The number of carbonyl (C=O) groups excluding carboxylic acids is 2. The summed E-state index contributed by atoms with van der Waals surface area (Å²) in [6.07, 6.45) is 2.57. The molecule has 3 heterocycles. The molecule has 0 atom stereocenters. The predicted molar refractivity (Wildman–Crippen MR) is 185 cm³/mol. The molecule has 0 spiro atoms. The van der Waals surface area contributed by atoms with E-state index in [1.54, 1.807) is 40.6 Å². The summed E-state index contributed by atoms with van der Waals surface area (Å²) in [5.41, 5.74) is 9.70. The summed E-state index contributed by atoms with van der Waals surface area (Å²) in [7, 11) is 9.54. The third kappa shape index (κ3) is 4.80.